The molecule has 1 fully saturated rings. The van der Waals surface area contributed by atoms with Crippen LogP contribution in [0.15, 0.2) is 0 Å². The van der Waals surface area contributed by atoms with Crippen LogP contribution >= 0.6 is 11.8 Å². The predicted octanol–water partition coefficient (Wildman–Crippen LogP) is 1.81. The fraction of sp³-hybridized carbons (Fsp3) is 0.909. The third kappa shape index (κ3) is 4.89. The highest BCUT2D eigenvalue weighted by Crippen LogP contribution is 2.46. The van der Waals surface area contributed by atoms with Gasteiger partial charge in [-0.25, -0.2) is 0 Å². The molecule has 1 saturated carbocycles. The molecule has 1 amide bonds. The van der Waals surface area contributed by atoms with Crippen molar-refractivity contribution in [1.29, 1.82) is 0 Å². The second-order valence-corrected chi connectivity index (χ2v) is 6.34. The van der Waals surface area contributed by atoms with Crippen LogP contribution in [0.5, 0.6) is 0 Å². The Morgan fingerprint density at radius 2 is 2.07 bits per heavy atom. The van der Waals surface area contributed by atoms with Gasteiger partial charge in [-0.1, -0.05) is 0 Å². The Labute approximate surface area is 96.3 Å². The summed E-state index contributed by atoms with van der Waals surface area (Å²) in [5.74, 6) is -0.00903. The normalized spacial score (nSPS) is 18.7. The number of nitrogens with one attached hydrogen (secondary N) is 1. The molecule has 1 aliphatic rings. The van der Waals surface area contributed by atoms with Crippen LogP contribution in [0.1, 0.15) is 33.6 Å². The largest absolute Gasteiger partial charge is 0.366 e. The summed E-state index contributed by atoms with van der Waals surface area (Å²) in [5, 5.41) is 2.92. The summed E-state index contributed by atoms with van der Waals surface area (Å²) >= 11 is 1.85. The maximum Gasteiger partial charge on any atom is 0.246 e. The first-order valence-corrected chi connectivity index (χ1v) is 6.55. The highest BCUT2D eigenvalue weighted by Gasteiger charge is 2.41. The zero-order valence-corrected chi connectivity index (χ0v) is 10.9. The van der Waals surface area contributed by atoms with Crippen LogP contribution in [0.4, 0.5) is 0 Å². The standard InChI is InChI=1S/C11H21NO2S/c1-10(2,3)14-7-9(13)12-8-11(15-4)5-6-11/h5-8H2,1-4H3,(H,12,13). The molecule has 0 radical (unpaired) electrons. The van der Waals surface area contributed by atoms with E-state index < -0.39 is 0 Å². The average Bonchev–Trinajstić information content (AvgIpc) is 2.91. The second-order valence-electron chi connectivity index (χ2n) is 5.06. The van der Waals surface area contributed by atoms with E-state index in [0.29, 0.717) is 4.75 Å². The van der Waals surface area contributed by atoms with Gasteiger partial charge in [-0.05, 0) is 39.9 Å². The van der Waals surface area contributed by atoms with Crippen molar-refractivity contribution >= 4 is 17.7 Å². The van der Waals surface area contributed by atoms with Crippen molar-refractivity contribution in [1.82, 2.24) is 5.32 Å². The molecule has 1 aliphatic carbocycles. The summed E-state index contributed by atoms with van der Waals surface area (Å²) in [7, 11) is 0. The molecular formula is C11H21NO2S. The van der Waals surface area contributed by atoms with E-state index in [1.165, 1.54) is 12.8 Å². The van der Waals surface area contributed by atoms with E-state index in [2.05, 4.69) is 11.6 Å². The summed E-state index contributed by atoms with van der Waals surface area (Å²) in [4.78, 5) is 11.4. The Hall–Kier alpha value is -0.220. The van der Waals surface area contributed by atoms with Gasteiger partial charge in [0.05, 0.1) is 5.60 Å². The Kier molecular flexibility index (Phi) is 4.06. The number of hydrogen-bond donors (Lipinski definition) is 1. The second kappa shape index (κ2) is 4.74. The Balaban J connectivity index is 2.14. The number of amides is 1. The number of carbonyl (C=O) groups is 1. The lowest BCUT2D eigenvalue weighted by Gasteiger charge is -2.19. The summed E-state index contributed by atoms with van der Waals surface area (Å²) in [6.45, 7) is 6.79. The van der Waals surface area contributed by atoms with Crippen molar-refractivity contribution in [3.63, 3.8) is 0 Å². The number of rotatable bonds is 5. The minimum atomic E-state index is -0.242. The van der Waals surface area contributed by atoms with Crippen LogP contribution < -0.4 is 5.32 Å². The fourth-order valence-corrected chi connectivity index (χ4v) is 1.91. The van der Waals surface area contributed by atoms with Gasteiger partial charge in [0.1, 0.15) is 6.61 Å². The minimum Gasteiger partial charge on any atom is -0.366 e. The van der Waals surface area contributed by atoms with Crippen molar-refractivity contribution in [3.05, 3.63) is 0 Å². The molecular weight excluding hydrogens is 210 g/mol. The van der Waals surface area contributed by atoms with Gasteiger partial charge in [0, 0.05) is 11.3 Å². The van der Waals surface area contributed by atoms with Crippen LogP contribution in [0.2, 0.25) is 0 Å². The first kappa shape index (κ1) is 12.8. The Morgan fingerprint density at radius 3 is 2.47 bits per heavy atom. The quantitative estimate of drug-likeness (QED) is 0.784. The average molecular weight is 231 g/mol. The number of thioether (sulfide) groups is 1. The maximum atomic E-state index is 11.4. The van der Waals surface area contributed by atoms with E-state index in [4.69, 9.17) is 4.74 Å². The SMILES string of the molecule is CSC1(CNC(=O)COC(C)(C)C)CC1. The molecule has 3 nitrogen and oxygen atoms in total. The van der Waals surface area contributed by atoms with Crippen molar-refractivity contribution in [2.24, 2.45) is 0 Å². The smallest absolute Gasteiger partial charge is 0.246 e. The van der Waals surface area contributed by atoms with Crippen molar-refractivity contribution in [3.8, 4) is 0 Å². The molecule has 0 heterocycles. The molecule has 1 N–H and O–H groups in total. The van der Waals surface area contributed by atoms with Crippen molar-refractivity contribution in [2.45, 2.75) is 44.0 Å². The van der Waals surface area contributed by atoms with E-state index in [9.17, 15) is 4.79 Å². The monoisotopic (exact) mass is 231 g/mol. The van der Waals surface area contributed by atoms with Gasteiger partial charge in [0.15, 0.2) is 0 Å². The first-order valence-electron chi connectivity index (χ1n) is 5.33. The van der Waals surface area contributed by atoms with Gasteiger partial charge in [-0.3, -0.25) is 4.79 Å². The van der Waals surface area contributed by atoms with Crippen LogP contribution in [0, 0.1) is 0 Å². The van der Waals surface area contributed by atoms with Gasteiger partial charge in [-0.15, -0.1) is 0 Å². The summed E-state index contributed by atoms with van der Waals surface area (Å²) < 4.78 is 5.72. The lowest BCUT2D eigenvalue weighted by molar-refractivity contribution is -0.130. The van der Waals surface area contributed by atoms with Crippen LogP contribution in [-0.2, 0) is 9.53 Å². The van der Waals surface area contributed by atoms with Crippen LogP contribution in [-0.4, -0.2) is 35.7 Å². The molecule has 15 heavy (non-hydrogen) atoms. The molecule has 0 bridgehead atoms. The molecule has 0 aromatic heterocycles. The van der Waals surface area contributed by atoms with E-state index >= 15 is 0 Å². The topological polar surface area (TPSA) is 38.3 Å². The molecule has 0 unspecified atom stereocenters. The summed E-state index contributed by atoms with van der Waals surface area (Å²) in [6, 6.07) is 0. The van der Waals surface area contributed by atoms with E-state index in [1.54, 1.807) is 0 Å². The molecule has 0 spiro atoms. The highest BCUT2D eigenvalue weighted by atomic mass is 32.2. The lowest BCUT2D eigenvalue weighted by Crippen LogP contribution is -2.36. The van der Waals surface area contributed by atoms with E-state index in [-0.39, 0.29) is 18.1 Å². The van der Waals surface area contributed by atoms with E-state index in [1.807, 2.05) is 32.5 Å². The van der Waals surface area contributed by atoms with Gasteiger partial charge in [-0.2, -0.15) is 11.8 Å². The minimum absolute atomic E-state index is 0.00903. The summed E-state index contributed by atoms with van der Waals surface area (Å²) in [5.41, 5.74) is -0.242. The Morgan fingerprint density at radius 1 is 1.47 bits per heavy atom. The van der Waals surface area contributed by atoms with Crippen molar-refractivity contribution < 1.29 is 9.53 Å². The third-order valence-corrected chi connectivity index (χ3v) is 3.90. The van der Waals surface area contributed by atoms with Crippen LogP contribution in [0.3, 0.4) is 0 Å². The zero-order chi connectivity index (χ0) is 11.5. The molecule has 0 aliphatic heterocycles. The maximum absolute atomic E-state index is 11.4. The highest BCUT2D eigenvalue weighted by molar-refractivity contribution is 8.00. The number of hydrogen-bond acceptors (Lipinski definition) is 3. The number of carbonyl (C=O) groups excluding carboxylic acids is 1. The molecule has 0 aromatic rings. The Bertz CT molecular complexity index is 231. The first-order chi connectivity index (χ1) is 6.87. The van der Waals surface area contributed by atoms with Crippen molar-refractivity contribution in [2.75, 3.05) is 19.4 Å². The van der Waals surface area contributed by atoms with Gasteiger partial charge >= 0.3 is 0 Å². The molecule has 1 rings (SSSR count). The molecule has 0 saturated heterocycles. The van der Waals surface area contributed by atoms with E-state index in [0.717, 1.165) is 6.54 Å². The fourth-order valence-electron chi connectivity index (χ4n) is 1.19. The van der Waals surface area contributed by atoms with Gasteiger partial charge in [0.25, 0.3) is 0 Å². The molecule has 0 atom stereocenters. The zero-order valence-electron chi connectivity index (χ0n) is 10.1. The third-order valence-electron chi connectivity index (χ3n) is 2.48. The molecule has 88 valence electrons. The predicted molar refractivity (Wildman–Crippen MR) is 64.2 cm³/mol. The van der Waals surface area contributed by atoms with Gasteiger partial charge < -0.3 is 10.1 Å². The lowest BCUT2D eigenvalue weighted by atomic mass is 10.2. The molecule has 0 aromatic carbocycles. The van der Waals surface area contributed by atoms with Crippen LogP contribution in [0.25, 0.3) is 0 Å². The van der Waals surface area contributed by atoms with Gasteiger partial charge in [0.2, 0.25) is 5.91 Å². The summed E-state index contributed by atoms with van der Waals surface area (Å²) in [6.07, 6.45) is 4.54. The molecule has 4 heteroatoms. The number of ether oxygens (including phenoxy) is 1.